The number of piperidine rings is 1. The number of allylic oxidation sites excluding steroid dienone is 1. The summed E-state index contributed by atoms with van der Waals surface area (Å²) in [6.45, 7) is 7.18. The molecule has 1 saturated heterocycles. The zero-order valence-corrected chi connectivity index (χ0v) is 18.9. The van der Waals surface area contributed by atoms with Crippen molar-refractivity contribution in [1.29, 1.82) is 0 Å². The van der Waals surface area contributed by atoms with Crippen LogP contribution in [0.4, 0.5) is 0 Å². The fraction of sp³-hybridized carbons (Fsp3) is 0.464. The van der Waals surface area contributed by atoms with E-state index >= 15 is 0 Å². The van der Waals surface area contributed by atoms with Crippen LogP contribution < -0.4 is 0 Å². The van der Waals surface area contributed by atoms with Crippen molar-refractivity contribution in [3.05, 3.63) is 76.9 Å². The molecule has 1 spiro atoms. The van der Waals surface area contributed by atoms with Gasteiger partial charge in [0.15, 0.2) is 0 Å². The van der Waals surface area contributed by atoms with Gasteiger partial charge < -0.3 is 9.64 Å². The molecule has 2 fully saturated rings. The number of carbonyl (C=O) groups excluding carboxylic acids is 1. The van der Waals surface area contributed by atoms with Crippen molar-refractivity contribution in [2.45, 2.75) is 56.4 Å². The fourth-order valence-corrected chi connectivity index (χ4v) is 6.46. The molecule has 3 aliphatic rings. The van der Waals surface area contributed by atoms with E-state index in [0.29, 0.717) is 17.5 Å². The maximum absolute atomic E-state index is 11.8. The summed E-state index contributed by atoms with van der Waals surface area (Å²) in [6, 6.07) is 17.7. The zero-order chi connectivity index (χ0) is 21.6. The van der Waals surface area contributed by atoms with Gasteiger partial charge >= 0.3 is 5.97 Å². The van der Waals surface area contributed by atoms with Gasteiger partial charge in [-0.05, 0) is 72.4 Å². The highest BCUT2D eigenvalue weighted by Crippen LogP contribution is 2.49. The molecule has 31 heavy (non-hydrogen) atoms. The summed E-state index contributed by atoms with van der Waals surface area (Å²) in [6.07, 6.45) is 9.68. The molecule has 2 aromatic rings. The fourth-order valence-electron chi connectivity index (χ4n) is 6.46. The number of likely N-dealkylation sites (tertiary alicyclic amines) is 1. The number of benzene rings is 2. The van der Waals surface area contributed by atoms with Gasteiger partial charge in [-0.25, -0.2) is 4.79 Å². The van der Waals surface area contributed by atoms with Gasteiger partial charge in [0.05, 0.1) is 12.7 Å². The van der Waals surface area contributed by atoms with E-state index in [1.165, 1.54) is 62.6 Å². The van der Waals surface area contributed by atoms with E-state index in [2.05, 4.69) is 67.3 Å². The summed E-state index contributed by atoms with van der Waals surface area (Å²) in [5.41, 5.74) is 5.31. The highest BCUT2D eigenvalue weighted by atomic mass is 16.5. The molecule has 1 heterocycles. The molecule has 3 unspecified atom stereocenters. The van der Waals surface area contributed by atoms with Crippen LogP contribution in [0, 0.1) is 5.92 Å². The Bertz CT molecular complexity index is 1010. The molecule has 3 nitrogen and oxygen atoms in total. The molecular weight excluding hydrogens is 382 g/mol. The van der Waals surface area contributed by atoms with Crippen LogP contribution in [0.3, 0.4) is 0 Å². The first-order valence-electron chi connectivity index (χ1n) is 11.7. The van der Waals surface area contributed by atoms with Crippen LogP contribution >= 0.6 is 0 Å². The Labute approximate surface area is 186 Å². The standard InChI is InChI=1S/C28H33NO2/c1-20-19-29(17-16-28(20)15-12-21-6-4-5-7-25(21)28)24-13-14-27(2,18-24)23-10-8-22(9-11-23)26(30)31-3/h4-12,15,20,24H,13-14,16-19H2,1-3H3/t20-,24?,27?,28?/m0/s1. The number of hydrogen-bond acceptors (Lipinski definition) is 3. The van der Waals surface area contributed by atoms with E-state index in [0.717, 1.165) is 0 Å². The summed E-state index contributed by atoms with van der Waals surface area (Å²) < 4.78 is 4.84. The van der Waals surface area contributed by atoms with E-state index in [4.69, 9.17) is 4.74 Å². The summed E-state index contributed by atoms with van der Waals surface area (Å²) in [5, 5.41) is 0. The Morgan fingerprint density at radius 2 is 1.87 bits per heavy atom. The minimum Gasteiger partial charge on any atom is -0.465 e. The quantitative estimate of drug-likeness (QED) is 0.612. The monoisotopic (exact) mass is 415 g/mol. The van der Waals surface area contributed by atoms with E-state index in [-0.39, 0.29) is 16.8 Å². The Balaban J connectivity index is 1.28. The summed E-state index contributed by atoms with van der Waals surface area (Å²) in [4.78, 5) is 14.5. The number of carbonyl (C=O) groups is 1. The van der Waals surface area contributed by atoms with Crippen molar-refractivity contribution >= 4 is 12.0 Å². The lowest BCUT2D eigenvalue weighted by Gasteiger charge is -2.46. The van der Waals surface area contributed by atoms with Crippen LogP contribution in [-0.4, -0.2) is 37.1 Å². The molecule has 0 aromatic heterocycles. The molecule has 5 rings (SSSR count). The third kappa shape index (κ3) is 3.34. The molecule has 1 saturated carbocycles. The predicted molar refractivity (Wildman–Crippen MR) is 125 cm³/mol. The maximum atomic E-state index is 11.8. The molecule has 0 amide bonds. The van der Waals surface area contributed by atoms with Gasteiger partial charge in [-0.15, -0.1) is 0 Å². The Morgan fingerprint density at radius 3 is 2.61 bits per heavy atom. The molecular formula is C28H33NO2. The average molecular weight is 416 g/mol. The summed E-state index contributed by atoms with van der Waals surface area (Å²) >= 11 is 0. The highest BCUT2D eigenvalue weighted by Gasteiger charge is 2.46. The Morgan fingerprint density at radius 1 is 1.10 bits per heavy atom. The predicted octanol–water partition coefficient (Wildman–Crippen LogP) is 5.59. The second kappa shape index (κ2) is 7.63. The number of rotatable bonds is 3. The van der Waals surface area contributed by atoms with Crippen LogP contribution in [0.25, 0.3) is 6.08 Å². The second-order valence-electron chi connectivity index (χ2n) is 10.1. The molecule has 2 aromatic carbocycles. The number of fused-ring (bicyclic) bond motifs is 2. The molecule has 162 valence electrons. The minimum atomic E-state index is -0.264. The summed E-state index contributed by atoms with van der Waals surface area (Å²) in [7, 11) is 1.43. The third-order valence-corrected chi connectivity index (χ3v) is 8.46. The minimum absolute atomic E-state index is 0.178. The number of esters is 1. The topological polar surface area (TPSA) is 29.5 Å². The third-order valence-electron chi connectivity index (χ3n) is 8.46. The maximum Gasteiger partial charge on any atom is 0.337 e. The largest absolute Gasteiger partial charge is 0.465 e. The molecule has 0 N–H and O–H groups in total. The van der Waals surface area contributed by atoms with E-state index in [9.17, 15) is 4.79 Å². The van der Waals surface area contributed by atoms with Crippen LogP contribution in [0.2, 0.25) is 0 Å². The van der Waals surface area contributed by atoms with Gasteiger partial charge in [0, 0.05) is 18.0 Å². The zero-order valence-electron chi connectivity index (χ0n) is 18.9. The Kier molecular flexibility index (Phi) is 5.05. The Hall–Kier alpha value is -2.39. The van der Waals surface area contributed by atoms with Crippen LogP contribution in [0.15, 0.2) is 54.6 Å². The lowest BCUT2D eigenvalue weighted by atomic mass is 9.67. The SMILES string of the molecule is COC(=O)c1ccc(C2(C)CCC(N3CCC4(C=Cc5ccccc54)[C@@H](C)C3)C2)cc1. The first-order chi connectivity index (χ1) is 14.9. The van der Waals surface area contributed by atoms with Crippen molar-refractivity contribution in [3.8, 4) is 0 Å². The van der Waals surface area contributed by atoms with Gasteiger partial charge in [-0.2, -0.15) is 0 Å². The van der Waals surface area contributed by atoms with Crippen molar-refractivity contribution in [1.82, 2.24) is 4.90 Å². The molecule has 1 aliphatic heterocycles. The smallest absolute Gasteiger partial charge is 0.337 e. The van der Waals surface area contributed by atoms with Crippen LogP contribution in [-0.2, 0) is 15.6 Å². The van der Waals surface area contributed by atoms with E-state index < -0.39 is 0 Å². The van der Waals surface area contributed by atoms with Crippen LogP contribution in [0.1, 0.15) is 66.6 Å². The van der Waals surface area contributed by atoms with Gasteiger partial charge in [0.1, 0.15) is 0 Å². The number of ether oxygens (including phenoxy) is 1. The van der Waals surface area contributed by atoms with Crippen LogP contribution in [0.5, 0.6) is 0 Å². The van der Waals surface area contributed by atoms with Gasteiger partial charge in [0.25, 0.3) is 0 Å². The number of methoxy groups -OCH3 is 1. The van der Waals surface area contributed by atoms with E-state index in [1.807, 2.05) is 12.1 Å². The number of nitrogens with zero attached hydrogens (tertiary/aromatic N) is 1. The van der Waals surface area contributed by atoms with E-state index in [1.54, 1.807) is 0 Å². The van der Waals surface area contributed by atoms with Gasteiger partial charge in [-0.1, -0.05) is 62.4 Å². The van der Waals surface area contributed by atoms with Gasteiger partial charge in [-0.3, -0.25) is 0 Å². The highest BCUT2D eigenvalue weighted by molar-refractivity contribution is 5.89. The van der Waals surface area contributed by atoms with Crippen molar-refractivity contribution in [3.63, 3.8) is 0 Å². The number of hydrogen-bond donors (Lipinski definition) is 0. The lowest BCUT2D eigenvalue weighted by Crippen LogP contribution is -2.50. The lowest BCUT2D eigenvalue weighted by molar-refractivity contribution is 0.0600. The van der Waals surface area contributed by atoms with Gasteiger partial charge in [0.2, 0.25) is 0 Å². The molecule has 4 atom stereocenters. The molecule has 3 heteroatoms. The molecule has 0 radical (unpaired) electrons. The van der Waals surface area contributed by atoms with Crippen molar-refractivity contribution in [2.24, 2.45) is 5.92 Å². The average Bonchev–Trinajstić information content (AvgIpc) is 3.38. The molecule has 0 bridgehead atoms. The summed E-state index contributed by atoms with van der Waals surface area (Å²) in [5.74, 6) is 0.354. The molecule has 2 aliphatic carbocycles. The second-order valence-corrected chi connectivity index (χ2v) is 10.1. The first kappa shape index (κ1) is 20.5. The van der Waals surface area contributed by atoms with Crippen molar-refractivity contribution < 1.29 is 9.53 Å². The first-order valence-corrected chi connectivity index (χ1v) is 11.7. The van der Waals surface area contributed by atoms with Crippen molar-refractivity contribution in [2.75, 3.05) is 20.2 Å². The normalized spacial score (nSPS) is 32.4.